The van der Waals surface area contributed by atoms with Crippen molar-refractivity contribution in [3.63, 3.8) is 0 Å². The second-order valence-electron chi connectivity index (χ2n) is 6.81. The van der Waals surface area contributed by atoms with Crippen LogP contribution in [-0.4, -0.2) is 30.2 Å². The van der Waals surface area contributed by atoms with Gasteiger partial charge < -0.3 is 19.9 Å². The molecule has 2 rings (SSSR count). The first-order valence-electron chi connectivity index (χ1n) is 8.78. The van der Waals surface area contributed by atoms with E-state index in [2.05, 4.69) is 26.1 Å². The minimum absolute atomic E-state index is 0.103. The van der Waals surface area contributed by atoms with Gasteiger partial charge in [0, 0.05) is 5.69 Å². The Labute approximate surface area is 159 Å². The Bertz CT molecular complexity index is 766. The van der Waals surface area contributed by atoms with Crippen molar-refractivity contribution in [1.82, 2.24) is 0 Å². The SMILES string of the molecule is CCC(C)(C)c1ccc(OCC(=O)Nc2ccc(OCC(=O)O)cc2)cc1. The highest BCUT2D eigenvalue weighted by Gasteiger charge is 2.17. The molecule has 2 aromatic carbocycles. The van der Waals surface area contributed by atoms with Gasteiger partial charge in [0.25, 0.3) is 5.91 Å². The summed E-state index contributed by atoms with van der Waals surface area (Å²) in [6, 6.07) is 14.2. The number of carboxylic acids is 1. The Morgan fingerprint density at radius 1 is 0.926 bits per heavy atom. The minimum atomic E-state index is -1.05. The average Bonchev–Trinajstić information content (AvgIpc) is 2.66. The van der Waals surface area contributed by atoms with E-state index in [4.69, 9.17) is 14.6 Å². The maximum Gasteiger partial charge on any atom is 0.341 e. The third-order valence-electron chi connectivity index (χ3n) is 4.39. The predicted molar refractivity (Wildman–Crippen MR) is 103 cm³/mol. The zero-order valence-corrected chi connectivity index (χ0v) is 15.8. The molecule has 0 heterocycles. The third kappa shape index (κ3) is 6.33. The van der Waals surface area contributed by atoms with Crippen molar-refractivity contribution in [1.29, 1.82) is 0 Å². The topological polar surface area (TPSA) is 84.9 Å². The normalized spacial score (nSPS) is 10.9. The molecule has 144 valence electrons. The zero-order chi connectivity index (χ0) is 19.9. The molecular formula is C21H25NO5. The molecule has 0 radical (unpaired) electrons. The van der Waals surface area contributed by atoms with Crippen molar-refractivity contribution in [2.24, 2.45) is 0 Å². The smallest absolute Gasteiger partial charge is 0.341 e. The Hall–Kier alpha value is -3.02. The number of rotatable bonds is 9. The van der Waals surface area contributed by atoms with Crippen molar-refractivity contribution in [3.05, 3.63) is 54.1 Å². The van der Waals surface area contributed by atoms with Crippen LogP contribution in [0.15, 0.2) is 48.5 Å². The van der Waals surface area contributed by atoms with Crippen LogP contribution in [0.2, 0.25) is 0 Å². The molecule has 0 atom stereocenters. The van der Waals surface area contributed by atoms with Crippen molar-refractivity contribution in [2.75, 3.05) is 18.5 Å². The van der Waals surface area contributed by atoms with Gasteiger partial charge in [-0.3, -0.25) is 4.79 Å². The maximum atomic E-state index is 12.0. The summed E-state index contributed by atoms with van der Waals surface area (Å²) in [7, 11) is 0. The third-order valence-corrected chi connectivity index (χ3v) is 4.39. The van der Waals surface area contributed by atoms with Crippen LogP contribution < -0.4 is 14.8 Å². The lowest BCUT2D eigenvalue weighted by atomic mass is 9.82. The molecule has 0 saturated heterocycles. The van der Waals surface area contributed by atoms with Gasteiger partial charge >= 0.3 is 5.97 Å². The highest BCUT2D eigenvalue weighted by molar-refractivity contribution is 5.91. The van der Waals surface area contributed by atoms with Gasteiger partial charge in [0.05, 0.1) is 0 Å². The minimum Gasteiger partial charge on any atom is -0.484 e. The van der Waals surface area contributed by atoms with Gasteiger partial charge in [-0.25, -0.2) is 4.79 Å². The number of nitrogens with one attached hydrogen (secondary N) is 1. The Morgan fingerprint density at radius 3 is 1.96 bits per heavy atom. The largest absolute Gasteiger partial charge is 0.484 e. The zero-order valence-electron chi connectivity index (χ0n) is 15.8. The first-order valence-corrected chi connectivity index (χ1v) is 8.78. The van der Waals surface area contributed by atoms with Crippen LogP contribution in [-0.2, 0) is 15.0 Å². The van der Waals surface area contributed by atoms with E-state index in [1.165, 1.54) is 5.56 Å². The summed E-state index contributed by atoms with van der Waals surface area (Å²) in [5.41, 5.74) is 1.91. The van der Waals surface area contributed by atoms with Crippen LogP contribution in [0.5, 0.6) is 11.5 Å². The summed E-state index contributed by atoms with van der Waals surface area (Å²) in [6.07, 6.45) is 1.04. The molecule has 27 heavy (non-hydrogen) atoms. The molecule has 0 spiro atoms. The fourth-order valence-electron chi connectivity index (χ4n) is 2.33. The van der Waals surface area contributed by atoms with E-state index in [0.717, 1.165) is 6.42 Å². The number of amides is 1. The van der Waals surface area contributed by atoms with E-state index in [9.17, 15) is 9.59 Å². The second-order valence-corrected chi connectivity index (χ2v) is 6.81. The van der Waals surface area contributed by atoms with Gasteiger partial charge in [0.2, 0.25) is 0 Å². The van der Waals surface area contributed by atoms with Crippen LogP contribution in [0.4, 0.5) is 5.69 Å². The average molecular weight is 371 g/mol. The molecule has 0 fully saturated rings. The van der Waals surface area contributed by atoms with Gasteiger partial charge in [0.1, 0.15) is 11.5 Å². The van der Waals surface area contributed by atoms with Crippen molar-refractivity contribution < 1.29 is 24.2 Å². The molecule has 0 aliphatic carbocycles. The molecule has 0 saturated carbocycles. The molecule has 2 N–H and O–H groups in total. The quantitative estimate of drug-likeness (QED) is 0.699. The number of benzene rings is 2. The molecule has 0 aliphatic heterocycles. The lowest BCUT2D eigenvalue weighted by molar-refractivity contribution is -0.139. The number of carbonyl (C=O) groups is 2. The molecule has 0 aliphatic rings. The van der Waals surface area contributed by atoms with Crippen molar-refractivity contribution in [2.45, 2.75) is 32.6 Å². The Kier molecular flexibility index (Phi) is 6.82. The summed E-state index contributed by atoms with van der Waals surface area (Å²) < 4.78 is 10.6. The van der Waals surface area contributed by atoms with E-state index in [1.54, 1.807) is 24.3 Å². The first kappa shape index (κ1) is 20.3. The van der Waals surface area contributed by atoms with Gasteiger partial charge in [-0.05, 0) is 53.8 Å². The molecule has 0 unspecified atom stereocenters. The van der Waals surface area contributed by atoms with Gasteiger partial charge in [-0.15, -0.1) is 0 Å². The van der Waals surface area contributed by atoms with E-state index in [-0.39, 0.29) is 17.9 Å². The van der Waals surface area contributed by atoms with E-state index < -0.39 is 12.6 Å². The number of anilines is 1. The van der Waals surface area contributed by atoms with E-state index >= 15 is 0 Å². The molecule has 0 aromatic heterocycles. The van der Waals surface area contributed by atoms with Crippen LogP contribution >= 0.6 is 0 Å². The lowest BCUT2D eigenvalue weighted by Gasteiger charge is -2.23. The fraction of sp³-hybridized carbons (Fsp3) is 0.333. The van der Waals surface area contributed by atoms with Crippen LogP contribution in [0.25, 0.3) is 0 Å². The standard InChI is InChI=1S/C21H25NO5/c1-4-21(2,3)15-5-9-17(10-6-15)26-13-19(23)22-16-7-11-18(12-8-16)27-14-20(24)25/h5-12H,4,13-14H2,1-3H3,(H,22,23)(H,24,25). The number of carboxylic acid groups (broad SMARTS) is 1. The summed E-state index contributed by atoms with van der Waals surface area (Å²) in [6.45, 7) is 6.02. The molecule has 6 nitrogen and oxygen atoms in total. The monoisotopic (exact) mass is 371 g/mol. The van der Waals surface area contributed by atoms with Gasteiger partial charge in [-0.1, -0.05) is 32.9 Å². The molecule has 0 bridgehead atoms. The number of aliphatic carboxylic acids is 1. The molecule has 2 aromatic rings. The summed E-state index contributed by atoms with van der Waals surface area (Å²) in [5, 5.41) is 11.3. The van der Waals surface area contributed by atoms with Gasteiger partial charge in [-0.2, -0.15) is 0 Å². The fourth-order valence-corrected chi connectivity index (χ4v) is 2.33. The lowest BCUT2D eigenvalue weighted by Crippen LogP contribution is -2.20. The second kappa shape index (κ2) is 9.07. The number of carbonyl (C=O) groups excluding carboxylic acids is 1. The Morgan fingerprint density at radius 2 is 1.44 bits per heavy atom. The molecule has 6 heteroatoms. The van der Waals surface area contributed by atoms with Crippen LogP contribution in [0.1, 0.15) is 32.8 Å². The number of ether oxygens (including phenoxy) is 2. The molecule has 1 amide bonds. The first-order chi connectivity index (χ1) is 12.8. The molecular weight excluding hydrogens is 346 g/mol. The summed E-state index contributed by atoms with van der Waals surface area (Å²) in [4.78, 5) is 22.5. The summed E-state index contributed by atoms with van der Waals surface area (Å²) in [5.74, 6) is -0.275. The number of hydrogen-bond donors (Lipinski definition) is 2. The Balaban J connectivity index is 1.83. The van der Waals surface area contributed by atoms with E-state index in [0.29, 0.717) is 17.2 Å². The highest BCUT2D eigenvalue weighted by atomic mass is 16.5. The van der Waals surface area contributed by atoms with Gasteiger partial charge in [0.15, 0.2) is 13.2 Å². The number of hydrogen-bond acceptors (Lipinski definition) is 4. The van der Waals surface area contributed by atoms with Crippen LogP contribution in [0, 0.1) is 0 Å². The predicted octanol–water partition coefficient (Wildman–Crippen LogP) is 3.86. The maximum absolute atomic E-state index is 12.0. The summed E-state index contributed by atoms with van der Waals surface area (Å²) >= 11 is 0. The van der Waals surface area contributed by atoms with E-state index in [1.807, 2.05) is 24.3 Å². The van der Waals surface area contributed by atoms with Crippen molar-refractivity contribution in [3.8, 4) is 11.5 Å². The van der Waals surface area contributed by atoms with Crippen LogP contribution in [0.3, 0.4) is 0 Å². The van der Waals surface area contributed by atoms with Crippen molar-refractivity contribution >= 4 is 17.6 Å². The highest BCUT2D eigenvalue weighted by Crippen LogP contribution is 2.28.